The van der Waals surface area contributed by atoms with Crippen molar-refractivity contribution in [1.29, 1.82) is 0 Å². The number of carboxylic acids is 1. The molecular weight excluding hydrogens is 198 g/mol. The quantitative estimate of drug-likeness (QED) is 0.596. The van der Waals surface area contributed by atoms with E-state index in [0.29, 0.717) is 0 Å². The van der Waals surface area contributed by atoms with E-state index < -0.39 is 11.9 Å². The third-order valence-electron chi connectivity index (χ3n) is 1.51. The molecule has 0 aliphatic carbocycles. The molecule has 15 heavy (non-hydrogen) atoms. The molecule has 5 heteroatoms. The van der Waals surface area contributed by atoms with Crippen molar-refractivity contribution < 1.29 is 19.4 Å². The minimum absolute atomic E-state index is 0.135. The highest BCUT2D eigenvalue weighted by Crippen LogP contribution is 2.12. The molecule has 1 rings (SSSR count). The number of hydrogen-bond acceptors (Lipinski definition) is 4. The summed E-state index contributed by atoms with van der Waals surface area (Å²) in [6, 6.07) is 2.57. The molecule has 0 fully saturated rings. The normalized spacial score (nSPS) is 9.40. The molecule has 1 N–H and O–H groups in total. The lowest BCUT2D eigenvalue weighted by molar-refractivity contribution is -0.130. The minimum Gasteiger partial charge on any atom is -0.477 e. The van der Waals surface area contributed by atoms with Crippen LogP contribution in [0.5, 0.6) is 5.75 Å². The second-order valence-corrected chi connectivity index (χ2v) is 2.85. The van der Waals surface area contributed by atoms with Gasteiger partial charge >= 0.3 is 11.9 Å². The van der Waals surface area contributed by atoms with Gasteiger partial charge in [-0.1, -0.05) is 6.58 Å². The average Bonchev–Trinajstić information content (AvgIpc) is 2.18. The molecule has 0 spiro atoms. The van der Waals surface area contributed by atoms with Gasteiger partial charge in [-0.05, 0) is 13.0 Å². The molecule has 0 aromatic carbocycles. The van der Waals surface area contributed by atoms with E-state index >= 15 is 0 Å². The molecule has 0 atom stereocenters. The maximum atomic E-state index is 11.1. The molecule has 0 saturated heterocycles. The number of carbonyl (C=O) groups excluding carboxylic acids is 1. The van der Waals surface area contributed by atoms with Gasteiger partial charge in [-0.3, -0.25) is 0 Å². The Morgan fingerprint density at radius 2 is 2.20 bits per heavy atom. The van der Waals surface area contributed by atoms with Gasteiger partial charge in [0.1, 0.15) is 5.75 Å². The van der Waals surface area contributed by atoms with Crippen LogP contribution in [0.15, 0.2) is 30.5 Å². The van der Waals surface area contributed by atoms with Crippen molar-refractivity contribution in [2.75, 3.05) is 0 Å². The molecule has 0 radical (unpaired) electrons. The molecule has 78 valence electrons. The Morgan fingerprint density at radius 3 is 2.73 bits per heavy atom. The largest absolute Gasteiger partial charge is 0.477 e. The zero-order valence-electron chi connectivity index (χ0n) is 8.06. The van der Waals surface area contributed by atoms with Gasteiger partial charge in [0.2, 0.25) is 0 Å². The van der Waals surface area contributed by atoms with E-state index in [1.54, 1.807) is 0 Å². The lowest BCUT2D eigenvalue weighted by Gasteiger charge is -2.03. The topological polar surface area (TPSA) is 76.5 Å². The molecule has 1 aromatic rings. The number of carbonyl (C=O) groups is 2. The van der Waals surface area contributed by atoms with E-state index in [4.69, 9.17) is 9.84 Å². The lowest BCUT2D eigenvalue weighted by atomic mass is 10.3. The zero-order chi connectivity index (χ0) is 11.4. The molecule has 1 heterocycles. The number of hydrogen-bond donors (Lipinski definition) is 1. The monoisotopic (exact) mass is 207 g/mol. The Bertz CT molecular complexity index is 425. The molecule has 0 aliphatic heterocycles. The number of nitrogens with zero attached hydrogens (tertiary/aromatic N) is 1. The fraction of sp³-hybridized carbons (Fsp3) is 0.100. The molecule has 5 nitrogen and oxygen atoms in total. The highest BCUT2D eigenvalue weighted by Gasteiger charge is 2.09. The number of esters is 1. The van der Waals surface area contributed by atoms with E-state index in [9.17, 15) is 9.59 Å². The Balaban J connectivity index is 2.87. The summed E-state index contributed by atoms with van der Waals surface area (Å²) in [5, 5.41) is 8.63. The summed E-state index contributed by atoms with van der Waals surface area (Å²) in [5.74, 6) is -1.64. The van der Waals surface area contributed by atoms with Gasteiger partial charge in [-0.2, -0.15) is 0 Å². The second-order valence-electron chi connectivity index (χ2n) is 2.85. The van der Waals surface area contributed by atoms with Crippen LogP contribution in [0.4, 0.5) is 0 Å². The van der Waals surface area contributed by atoms with Crippen molar-refractivity contribution in [2.45, 2.75) is 6.92 Å². The first-order valence-corrected chi connectivity index (χ1v) is 4.07. The first-order valence-electron chi connectivity index (χ1n) is 4.07. The molecule has 0 amide bonds. The van der Waals surface area contributed by atoms with Crippen LogP contribution in [0, 0.1) is 0 Å². The van der Waals surface area contributed by atoms with E-state index in [1.807, 2.05) is 0 Å². The van der Waals surface area contributed by atoms with Gasteiger partial charge in [-0.15, -0.1) is 0 Å². The van der Waals surface area contributed by atoms with Crippen molar-refractivity contribution in [2.24, 2.45) is 0 Å². The van der Waals surface area contributed by atoms with E-state index in [2.05, 4.69) is 11.6 Å². The summed E-state index contributed by atoms with van der Waals surface area (Å²) in [6.07, 6.45) is 1.25. The van der Waals surface area contributed by atoms with Crippen LogP contribution < -0.4 is 4.74 Å². The first kappa shape index (κ1) is 10.9. The smallest absolute Gasteiger partial charge is 0.354 e. The van der Waals surface area contributed by atoms with Crippen molar-refractivity contribution in [3.63, 3.8) is 0 Å². The van der Waals surface area contributed by atoms with E-state index in [0.717, 1.165) is 0 Å². The van der Waals surface area contributed by atoms with Crippen LogP contribution in [0.25, 0.3) is 0 Å². The van der Waals surface area contributed by atoms with Crippen molar-refractivity contribution in [1.82, 2.24) is 4.98 Å². The summed E-state index contributed by atoms with van der Waals surface area (Å²) in [4.78, 5) is 25.2. The SMILES string of the molecule is C=C(C)C(=O)Oc1ccnc(C(=O)O)c1. The number of aromatic carboxylic acids is 1. The van der Waals surface area contributed by atoms with Crippen LogP contribution in [0.2, 0.25) is 0 Å². The van der Waals surface area contributed by atoms with E-state index in [1.165, 1.54) is 25.3 Å². The highest BCUT2D eigenvalue weighted by atomic mass is 16.5. The van der Waals surface area contributed by atoms with Gasteiger partial charge in [0.15, 0.2) is 5.69 Å². The summed E-state index contributed by atoms with van der Waals surface area (Å²) >= 11 is 0. The minimum atomic E-state index is -1.18. The summed E-state index contributed by atoms with van der Waals surface area (Å²) in [7, 11) is 0. The van der Waals surface area contributed by atoms with Crippen LogP contribution in [-0.2, 0) is 4.79 Å². The van der Waals surface area contributed by atoms with Crippen LogP contribution in [-0.4, -0.2) is 22.0 Å². The van der Waals surface area contributed by atoms with Gasteiger partial charge in [0, 0.05) is 17.8 Å². The Hall–Kier alpha value is -2.17. The molecule has 0 unspecified atom stereocenters. The standard InChI is InChI=1S/C10H9NO4/c1-6(2)10(14)15-7-3-4-11-8(5-7)9(12)13/h3-5H,1H2,2H3,(H,12,13). The van der Waals surface area contributed by atoms with Crippen molar-refractivity contribution >= 4 is 11.9 Å². The predicted octanol–water partition coefficient (Wildman–Crippen LogP) is 1.26. The summed E-state index contributed by atoms with van der Waals surface area (Å²) < 4.78 is 4.82. The van der Waals surface area contributed by atoms with Gasteiger partial charge in [0.05, 0.1) is 0 Å². The fourth-order valence-corrected chi connectivity index (χ4v) is 0.786. The number of carboxylic acid groups (broad SMARTS) is 1. The Morgan fingerprint density at radius 1 is 1.53 bits per heavy atom. The van der Waals surface area contributed by atoms with E-state index in [-0.39, 0.29) is 17.0 Å². The molecular formula is C10H9NO4. The maximum Gasteiger partial charge on any atom is 0.354 e. The average molecular weight is 207 g/mol. The van der Waals surface area contributed by atoms with Crippen LogP contribution >= 0.6 is 0 Å². The fourth-order valence-electron chi connectivity index (χ4n) is 0.786. The highest BCUT2D eigenvalue weighted by molar-refractivity contribution is 5.89. The molecule has 0 aliphatic rings. The molecule has 0 saturated carbocycles. The van der Waals surface area contributed by atoms with Crippen molar-refractivity contribution in [3.05, 3.63) is 36.2 Å². The predicted molar refractivity (Wildman–Crippen MR) is 51.6 cm³/mol. The first-order chi connectivity index (χ1) is 7.00. The lowest BCUT2D eigenvalue weighted by Crippen LogP contribution is -2.09. The Kier molecular flexibility index (Phi) is 3.17. The van der Waals surface area contributed by atoms with Crippen LogP contribution in [0.3, 0.4) is 0 Å². The number of rotatable bonds is 3. The third kappa shape index (κ3) is 2.91. The van der Waals surface area contributed by atoms with Gasteiger partial charge < -0.3 is 9.84 Å². The number of aromatic nitrogens is 1. The van der Waals surface area contributed by atoms with Crippen LogP contribution in [0.1, 0.15) is 17.4 Å². The second kappa shape index (κ2) is 4.36. The summed E-state index contributed by atoms with van der Waals surface area (Å²) in [5.41, 5.74) is 0.0608. The summed E-state index contributed by atoms with van der Waals surface area (Å²) in [6.45, 7) is 4.90. The van der Waals surface area contributed by atoms with Gasteiger partial charge in [0.25, 0.3) is 0 Å². The zero-order valence-corrected chi connectivity index (χ0v) is 8.06. The third-order valence-corrected chi connectivity index (χ3v) is 1.51. The van der Waals surface area contributed by atoms with Gasteiger partial charge in [-0.25, -0.2) is 14.6 Å². The number of pyridine rings is 1. The molecule has 0 bridgehead atoms. The maximum absolute atomic E-state index is 11.1. The Labute approximate surface area is 86.0 Å². The van der Waals surface area contributed by atoms with Crippen molar-refractivity contribution in [3.8, 4) is 5.75 Å². The number of ether oxygens (including phenoxy) is 1. The molecule has 1 aromatic heterocycles.